The van der Waals surface area contributed by atoms with Crippen LogP contribution in [0.2, 0.25) is 0 Å². The average Bonchev–Trinajstić information content (AvgIpc) is 2.32. The molecule has 120 valence electrons. The molecule has 0 saturated carbocycles. The summed E-state index contributed by atoms with van der Waals surface area (Å²) >= 11 is 0. The highest BCUT2D eigenvalue weighted by molar-refractivity contribution is 5.67. The molecule has 0 saturated heterocycles. The summed E-state index contributed by atoms with van der Waals surface area (Å²) < 4.78 is 10.6. The number of hydrogen-bond donors (Lipinski definition) is 2. The summed E-state index contributed by atoms with van der Waals surface area (Å²) in [5.74, 6) is 0. The fraction of sp³-hybridized carbons (Fsp3) is 0.933. The number of aliphatic hydroxyl groups excluding tert-OH is 1. The molecule has 5 nitrogen and oxygen atoms in total. The van der Waals surface area contributed by atoms with E-state index >= 15 is 0 Å². The largest absolute Gasteiger partial charge is 0.444 e. The second kappa shape index (κ2) is 7.27. The van der Waals surface area contributed by atoms with Crippen LogP contribution in [0.4, 0.5) is 4.79 Å². The first-order valence-corrected chi connectivity index (χ1v) is 7.06. The molecule has 0 aromatic carbocycles. The lowest BCUT2D eigenvalue weighted by Crippen LogP contribution is -2.41. The number of methoxy groups -OCH3 is 1. The summed E-state index contributed by atoms with van der Waals surface area (Å²) in [5.41, 5.74) is -1.13. The highest BCUT2D eigenvalue weighted by Gasteiger charge is 2.29. The van der Waals surface area contributed by atoms with Crippen molar-refractivity contribution >= 4 is 6.09 Å². The topological polar surface area (TPSA) is 67.8 Å². The van der Waals surface area contributed by atoms with E-state index in [9.17, 15) is 9.90 Å². The maximum Gasteiger partial charge on any atom is 0.407 e. The minimum atomic E-state index is -0.516. The number of hydrogen-bond acceptors (Lipinski definition) is 4. The van der Waals surface area contributed by atoms with E-state index in [1.54, 1.807) is 7.11 Å². The van der Waals surface area contributed by atoms with Gasteiger partial charge in [-0.1, -0.05) is 6.92 Å². The van der Waals surface area contributed by atoms with Gasteiger partial charge in [0.1, 0.15) is 5.60 Å². The number of aliphatic hydroxyl groups is 1. The van der Waals surface area contributed by atoms with Crippen LogP contribution in [0.1, 0.15) is 54.4 Å². The highest BCUT2D eigenvalue weighted by atomic mass is 16.6. The van der Waals surface area contributed by atoms with E-state index in [1.165, 1.54) is 0 Å². The minimum Gasteiger partial charge on any atom is -0.444 e. The van der Waals surface area contributed by atoms with Crippen molar-refractivity contribution in [1.29, 1.82) is 0 Å². The van der Waals surface area contributed by atoms with Crippen molar-refractivity contribution in [3.63, 3.8) is 0 Å². The van der Waals surface area contributed by atoms with Crippen molar-refractivity contribution < 1.29 is 19.4 Å². The van der Waals surface area contributed by atoms with Gasteiger partial charge in [0.2, 0.25) is 0 Å². The molecule has 1 atom stereocenters. The predicted octanol–water partition coefficient (Wildman–Crippen LogP) is 2.71. The van der Waals surface area contributed by atoms with Gasteiger partial charge < -0.3 is 19.9 Å². The number of rotatable bonds is 7. The van der Waals surface area contributed by atoms with Gasteiger partial charge in [-0.15, -0.1) is 0 Å². The standard InChI is InChI=1S/C15H31NO4/c1-13(2,3)20-12(18)16-10-15(6,11-17)9-8-14(4,5)19-7/h17H,8-11H2,1-7H3,(H,16,18). The lowest BCUT2D eigenvalue weighted by Gasteiger charge is -2.32. The van der Waals surface area contributed by atoms with Gasteiger partial charge in [0.25, 0.3) is 0 Å². The second-order valence-corrected chi connectivity index (χ2v) is 7.29. The van der Waals surface area contributed by atoms with Crippen LogP contribution >= 0.6 is 0 Å². The van der Waals surface area contributed by atoms with E-state index in [0.717, 1.165) is 12.8 Å². The zero-order valence-electron chi connectivity index (χ0n) is 14.0. The molecule has 20 heavy (non-hydrogen) atoms. The summed E-state index contributed by atoms with van der Waals surface area (Å²) in [6.45, 7) is 11.8. The van der Waals surface area contributed by atoms with Gasteiger partial charge in [-0.3, -0.25) is 0 Å². The fourth-order valence-electron chi connectivity index (χ4n) is 1.53. The third-order valence-corrected chi connectivity index (χ3v) is 3.32. The van der Waals surface area contributed by atoms with Gasteiger partial charge in [-0.25, -0.2) is 4.79 Å². The maximum atomic E-state index is 11.6. The van der Waals surface area contributed by atoms with E-state index in [4.69, 9.17) is 9.47 Å². The summed E-state index contributed by atoms with van der Waals surface area (Å²) in [5, 5.41) is 12.3. The van der Waals surface area contributed by atoms with Gasteiger partial charge in [0, 0.05) is 19.1 Å². The molecule has 0 heterocycles. The van der Waals surface area contributed by atoms with Gasteiger partial charge in [0.05, 0.1) is 12.2 Å². The molecular weight excluding hydrogens is 258 g/mol. The quantitative estimate of drug-likeness (QED) is 0.756. The summed E-state index contributed by atoms with van der Waals surface area (Å²) in [7, 11) is 1.68. The zero-order chi connectivity index (χ0) is 16.0. The lowest BCUT2D eigenvalue weighted by atomic mass is 9.83. The monoisotopic (exact) mass is 289 g/mol. The van der Waals surface area contributed by atoms with Gasteiger partial charge in [-0.05, 0) is 47.5 Å². The molecule has 5 heteroatoms. The number of nitrogens with one attached hydrogen (secondary N) is 1. The number of carbonyl (C=O) groups is 1. The first-order chi connectivity index (χ1) is 8.93. The predicted molar refractivity (Wildman–Crippen MR) is 79.8 cm³/mol. The van der Waals surface area contributed by atoms with Crippen molar-refractivity contribution in [3.8, 4) is 0 Å². The van der Waals surface area contributed by atoms with Crippen LogP contribution in [0.3, 0.4) is 0 Å². The Morgan fingerprint density at radius 2 is 1.65 bits per heavy atom. The van der Waals surface area contributed by atoms with Crippen molar-refractivity contribution in [1.82, 2.24) is 5.32 Å². The Labute approximate surface area is 123 Å². The first kappa shape index (κ1) is 19.2. The Morgan fingerprint density at radius 3 is 2.05 bits per heavy atom. The van der Waals surface area contributed by atoms with Crippen LogP contribution in [-0.2, 0) is 9.47 Å². The van der Waals surface area contributed by atoms with Crippen LogP contribution in [0, 0.1) is 5.41 Å². The molecule has 0 aromatic heterocycles. The molecule has 0 rings (SSSR count). The Kier molecular flexibility index (Phi) is 6.98. The van der Waals surface area contributed by atoms with Crippen LogP contribution in [-0.4, -0.2) is 42.7 Å². The fourth-order valence-corrected chi connectivity index (χ4v) is 1.53. The van der Waals surface area contributed by atoms with Gasteiger partial charge in [-0.2, -0.15) is 0 Å². The lowest BCUT2D eigenvalue weighted by molar-refractivity contribution is -0.00167. The second-order valence-electron chi connectivity index (χ2n) is 7.29. The van der Waals surface area contributed by atoms with E-state index < -0.39 is 11.7 Å². The van der Waals surface area contributed by atoms with Crippen molar-refractivity contribution in [2.75, 3.05) is 20.3 Å². The molecule has 0 bridgehead atoms. The summed E-state index contributed by atoms with van der Waals surface area (Å²) in [6.07, 6.45) is 1.10. The van der Waals surface area contributed by atoms with Crippen LogP contribution in [0.15, 0.2) is 0 Å². The van der Waals surface area contributed by atoms with Gasteiger partial charge >= 0.3 is 6.09 Å². The summed E-state index contributed by atoms with van der Waals surface area (Å²) in [6, 6.07) is 0. The molecule has 1 unspecified atom stereocenters. The minimum absolute atomic E-state index is 0.00257. The zero-order valence-corrected chi connectivity index (χ0v) is 14.0. The number of carbonyl (C=O) groups excluding carboxylic acids is 1. The molecule has 0 aliphatic rings. The van der Waals surface area contributed by atoms with Crippen molar-refractivity contribution in [3.05, 3.63) is 0 Å². The molecule has 1 amide bonds. The third kappa shape index (κ3) is 8.38. The van der Waals surface area contributed by atoms with Crippen LogP contribution in [0.5, 0.6) is 0 Å². The van der Waals surface area contributed by atoms with Gasteiger partial charge in [0.15, 0.2) is 0 Å². The normalized spacial score (nSPS) is 15.6. The number of alkyl carbamates (subject to hydrolysis) is 1. The van der Waals surface area contributed by atoms with Crippen LogP contribution in [0.25, 0.3) is 0 Å². The highest BCUT2D eigenvalue weighted by Crippen LogP contribution is 2.27. The molecule has 2 N–H and O–H groups in total. The molecule has 0 aliphatic carbocycles. The molecule has 0 spiro atoms. The molecule has 0 aliphatic heterocycles. The third-order valence-electron chi connectivity index (χ3n) is 3.32. The Balaban J connectivity index is 4.35. The molecule has 0 aromatic rings. The smallest absolute Gasteiger partial charge is 0.407 e. The van der Waals surface area contributed by atoms with Crippen molar-refractivity contribution in [2.24, 2.45) is 5.41 Å². The molecule has 0 radical (unpaired) electrons. The van der Waals surface area contributed by atoms with E-state index in [1.807, 2.05) is 41.5 Å². The molecular formula is C15H31NO4. The Morgan fingerprint density at radius 1 is 1.10 bits per heavy atom. The summed E-state index contributed by atoms with van der Waals surface area (Å²) in [4.78, 5) is 11.6. The number of ether oxygens (including phenoxy) is 2. The molecule has 0 fully saturated rings. The SMILES string of the molecule is COC(C)(C)CCC(C)(CO)CNC(=O)OC(C)(C)C. The van der Waals surface area contributed by atoms with E-state index in [2.05, 4.69) is 5.32 Å². The maximum absolute atomic E-state index is 11.6. The number of amides is 1. The first-order valence-electron chi connectivity index (χ1n) is 7.06. The Hall–Kier alpha value is -0.810. The average molecular weight is 289 g/mol. The Bertz CT molecular complexity index is 309. The van der Waals surface area contributed by atoms with E-state index in [-0.39, 0.29) is 17.6 Å². The van der Waals surface area contributed by atoms with E-state index in [0.29, 0.717) is 6.54 Å². The van der Waals surface area contributed by atoms with Crippen LogP contribution < -0.4 is 5.32 Å². The van der Waals surface area contributed by atoms with Crippen molar-refractivity contribution in [2.45, 2.75) is 65.6 Å².